The van der Waals surface area contributed by atoms with Crippen molar-refractivity contribution in [1.29, 1.82) is 0 Å². The molecular weight excluding hydrogens is 212 g/mol. The zero-order chi connectivity index (χ0) is 11.7. The fourth-order valence-electron chi connectivity index (χ4n) is 2.90. The fraction of sp³-hybridized carbons (Fsp3) is 0.571. The van der Waals surface area contributed by atoms with E-state index in [-0.39, 0.29) is 0 Å². The first-order valence-electron chi connectivity index (χ1n) is 6.41. The third kappa shape index (κ3) is 2.37. The van der Waals surface area contributed by atoms with Crippen molar-refractivity contribution >= 4 is 0 Å². The molecule has 2 fully saturated rings. The molecule has 0 spiro atoms. The topological polar surface area (TPSA) is 15.7 Å². The summed E-state index contributed by atoms with van der Waals surface area (Å²) in [6.45, 7) is 5.21. The molecule has 0 amide bonds. The number of likely N-dealkylation sites (tertiary alicyclic amines) is 1. The van der Waals surface area contributed by atoms with Crippen LogP contribution in [-0.2, 0) is 11.3 Å². The Balaban J connectivity index is 1.64. The minimum absolute atomic E-state index is 0.414. The highest BCUT2D eigenvalue weighted by Gasteiger charge is 2.38. The van der Waals surface area contributed by atoms with E-state index in [1.165, 1.54) is 5.56 Å². The van der Waals surface area contributed by atoms with Gasteiger partial charge in [0.05, 0.1) is 12.7 Å². The van der Waals surface area contributed by atoms with Gasteiger partial charge >= 0.3 is 0 Å². The lowest BCUT2D eigenvalue weighted by Gasteiger charge is -2.33. The fourth-order valence-corrected chi connectivity index (χ4v) is 2.90. The van der Waals surface area contributed by atoms with Crippen LogP contribution in [0.1, 0.15) is 5.56 Å². The minimum atomic E-state index is 0.414. The van der Waals surface area contributed by atoms with Gasteiger partial charge in [0.25, 0.3) is 0 Å². The number of morpholine rings is 1. The number of fused-ring (bicyclic) bond motifs is 1. The molecule has 0 aromatic heterocycles. The third-order valence-electron chi connectivity index (χ3n) is 3.90. The molecule has 0 bridgehead atoms. The van der Waals surface area contributed by atoms with Crippen molar-refractivity contribution < 1.29 is 4.74 Å². The first-order valence-corrected chi connectivity index (χ1v) is 6.41. The zero-order valence-corrected chi connectivity index (χ0v) is 10.4. The Morgan fingerprint density at radius 2 is 2.06 bits per heavy atom. The van der Waals surface area contributed by atoms with Crippen LogP contribution in [0.5, 0.6) is 0 Å². The lowest BCUT2D eigenvalue weighted by Crippen LogP contribution is -2.48. The Labute approximate surface area is 103 Å². The second kappa shape index (κ2) is 4.77. The standard InChI is InChI=1S/C14H20N2O/c1-15-7-8-17-14-11-16(10-13(14)15)9-12-5-3-2-4-6-12/h2-6,13-14H,7-11H2,1H3. The van der Waals surface area contributed by atoms with Gasteiger partial charge in [-0.25, -0.2) is 0 Å². The van der Waals surface area contributed by atoms with Gasteiger partial charge in [0.15, 0.2) is 0 Å². The van der Waals surface area contributed by atoms with Crippen molar-refractivity contribution in [1.82, 2.24) is 9.80 Å². The maximum absolute atomic E-state index is 5.86. The number of nitrogens with zero attached hydrogens (tertiary/aromatic N) is 2. The molecule has 2 aliphatic rings. The minimum Gasteiger partial charge on any atom is -0.374 e. The summed E-state index contributed by atoms with van der Waals surface area (Å²) >= 11 is 0. The number of benzene rings is 1. The van der Waals surface area contributed by atoms with Crippen LogP contribution in [0.4, 0.5) is 0 Å². The van der Waals surface area contributed by atoms with Crippen molar-refractivity contribution in [3.05, 3.63) is 35.9 Å². The molecule has 1 aromatic rings. The number of hydrogen-bond donors (Lipinski definition) is 0. The van der Waals surface area contributed by atoms with Crippen molar-refractivity contribution in [3.8, 4) is 0 Å². The summed E-state index contributed by atoms with van der Waals surface area (Å²) in [6.07, 6.45) is 0.414. The van der Waals surface area contributed by atoms with Crippen molar-refractivity contribution in [2.24, 2.45) is 0 Å². The summed E-state index contributed by atoms with van der Waals surface area (Å²) in [5.74, 6) is 0. The van der Waals surface area contributed by atoms with E-state index in [0.717, 1.165) is 32.8 Å². The first kappa shape index (κ1) is 11.2. The van der Waals surface area contributed by atoms with Crippen LogP contribution in [0, 0.1) is 0 Å². The molecule has 2 atom stereocenters. The van der Waals surface area contributed by atoms with Crippen LogP contribution in [0.2, 0.25) is 0 Å². The number of rotatable bonds is 2. The molecule has 0 saturated carbocycles. The highest BCUT2D eigenvalue weighted by molar-refractivity contribution is 5.15. The second-order valence-electron chi connectivity index (χ2n) is 5.14. The van der Waals surface area contributed by atoms with Gasteiger partial charge in [0, 0.05) is 32.2 Å². The highest BCUT2D eigenvalue weighted by Crippen LogP contribution is 2.22. The predicted molar refractivity (Wildman–Crippen MR) is 67.9 cm³/mol. The largest absolute Gasteiger partial charge is 0.374 e. The van der Waals surface area contributed by atoms with Gasteiger partial charge in [-0.3, -0.25) is 9.80 Å². The maximum atomic E-state index is 5.86. The summed E-state index contributed by atoms with van der Waals surface area (Å²) in [7, 11) is 2.21. The molecule has 3 rings (SSSR count). The molecule has 3 nitrogen and oxygen atoms in total. The van der Waals surface area contributed by atoms with E-state index in [1.54, 1.807) is 0 Å². The number of hydrogen-bond acceptors (Lipinski definition) is 3. The van der Waals surface area contributed by atoms with E-state index in [0.29, 0.717) is 12.1 Å². The Bertz CT molecular complexity index is 368. The molecule has 2 saturated heterocycles. The summed E-state index contributed by atoms with van der Waals surface area (Å²) in [5, 5.41) is 0. The highest BCUT2D eigenvalue weighted by atomic mass is 16.5. The van der Waals surface area contributed by atoms with Gasteiger partial charge in [-0.1, -0.05) is 30.3 Å². The van der Waals surface area contributed by atoms with Crippen LogP contribution in [0.3, 0.4) is 0 Å². The van der Waals surface area contributed by atoms with Crippen molar-refractivity contribution in [3.63, 3.8) is 0 Å². The summed E-state index contributed by atoms with van der Waals surface area (Å²) < 4.78 is 5.86. The van der Waals surface area contributed by atoms with E-state index in [2.05, 4.69) is 47.2 Å². The second-order valence-corrected chi connectivity index (χ2v) is 5.14. The first-order chi connectivity index (χ1) is 8.33. The van der Waals surface area contributed by atoms with E-state index < -0.39 is 0 Å². The monoisotopic (exact) mass is 232 g/mol. The summed E-state index contributed by atoms with van der Waals surface area (Å²) in [4.78, 5) is 4.95. The van der Waals surface area contributed by atoms with Crippen LogP contribution < -0.4 is 0 Å². The Morgan fingerprint density at radius 3 is 2.82 bits per heavy atom. The SMILES string of the molecule is CN1CCOC2CN(Cc3ccccc3)CC21. The van der Waals surface area contributed by atoms with Gasteiger partial charge < -0.3 is 4.74 Å². The van der Waals surface area contributed by atoms with Crippen molar-refractivity contribution in [2.75, 3.05) is 33.3 Å². The molecule has 0 radical (unpaired) electrons. The van der Waals surface area contributed by atoms with Crippen molar-refractivity contribution in [2.45, 2.75) is 18.7 Å². The average Bonchev–Trinajstić information content (AvgIpc) is 2.74. The molecule has 0 aliphatic carbocycles. The van der Waals surface area contributed by atoms with Crippen LogP contribution in [0.15, 0.2) is 30.3 Å². The van der Waals surface area contributed by atoms with Crippen LogP contribution in [-0.4, -0.2) is 55.2 Å². The smallest absolute Gasteiger partial charge is 0.0869 e. The lowest BCUT2D eigenvalue weighted by molar-refractivity contribution is -0.0370. The molecule has 2 unspecified atom stereocenters. The Morgan fingerprint density at radius 1 is 1.24 bits per heavy atom. The normalized spacial score (nSPS) is 30.4. The quantitative estimate of drug-likeness (QED) is 0.762. The molecule has 2 heterocycles. The maximum Gasteiger partial charge on any atom is 0.0869 e. The average molecular weight is 232 g/mol. The summed E-state index contributed by atoms with van der Waals surface area (Å²) in [6, 6.07) is 11.3. The molecule has 3 heteroatoms. The van der Waals surface area contributed by atoms with E-state index in [1.807, 2.05) is 0 Å². The van der Waals surface area contributed by atoms with E-state index in [9.17, 15) is 0 Å². The van der Waals surface area contributed by atoms with Gasteiger partial charge in [-0.05, 0) is 12.6 Å². The number of ether oxygens (including phenoxy) is 1. The van der Waals surface area contributed by atoms with Gasteiger partial charge in [-0.2, -0.15) is 0 Å². The summed E-state index contributed by atoms with van der Waals surface area (Å²) in [5.41, 5.74) is 1.40. The third-order valence-corrected chi connectivity index (χ3v) is 3.90. The molecule has 1 aromatic carbocycles. The lowest BCUT2D eigenvalue weighted by atomic mass is 10.1. The Hall–Kier alpha value is -0.900. The number of likely N-dealkylation sites (N-methyl/N-ethyl adjacent to an activating group) is 1. The van der Waals surface area contributed by atoms with Gasteiger partial charge in [0.2, 0.25) is 0 Å². The zero-order valence-electron chi connectivity index (χ0n) is 10.4. The predicted octanol–water partition coefficient (Wildman–Crippen LogP) is 1.20. The molecule has 17 heavy (non-hydrogen) atoms. The van der Waals surface area contributed by atoms with E-state index in [4.69, 9.17) is 4.74 Å². The van der Waals surface area contributed by atoms with Gasteiger partial charge in [0.1, 0.15) is 0 Å². The molecule has 92 valence electrons. The Kier molecular flexibility index (Phi) is 3.14. The van der Waals surface area contributed by atoms with Gasteiger partial charge in [-0.15, -0.1) is 0 Å². The van der Waals surface area contributed by atoms with E-state index >= 15 is 0 Å². The molecular formula is C14H20N2O. The van der Waals surface area contributed by atoms with Crippen LogP contribution in [0.25, 0.3) is 0 Å². The molecule has 0 N–H and O–H groups in total. The molecule has 2 aliphatic heterocycles. The van der Waals surface area contributed by atoms with Crippen LogP contribution >= 0.6 is 0 Å².